The summed E-state index contributed by atoms with van der Waals surface area (Å²) in [5.74, 6) is 0.886. The first-order valence-corrected chi connectivity index (χ1v) is 9.65. The third kappa shape index (κ3) is 3.48. The van der Waals surface area contributed by atoms with Gasteiger partial charge in [0, 0.05) is 12.6 Å². The topological polar surface area (TPSA) is 51.7 Å². The maximum atomic E-state index is 12.8. The van der Waals surface area contributed by atoms with Gasteiger partial charge < -0.3 is 14.4 Å². The standard InChI is InChI=1S/C21H23ClN2O3/c1-26-19-9-5-8-17(23-19)21(22)12-16-10-11-18(21)24(13-16)20(25)27-14-15-6-3-2-4-7-15/h2-9,16,18H,10-14H2,1H3. The van der Waals surface area contributed by atoms with Crippen LogP contribution >= 0.6 is 11.6 Å². The van der Waals surface area contributed by atoms with Crippen molar-refractivity contribution in [1.82, 2.24) is 9.88 Å². The lowest BCUT2D eigenvalue weighted by Gasteiger charge is -2.53. The number of hydrogen-bond acceptors (Lipinski definition) is 4. The normalized spacial score (nSPS) is 26.7. The molecule has 2 saturated heterocycles. The molecule has 1 aromatic carbocycles. The Balaban J connectivity index is 1.53. The lowest BCUT2D eigenvalue weighted by molar-refractivity contribution is 0.00259. The molecular formula is C21H23ClN2O3. The minimum Gasteiger partial charge on any atom is -0.481 e. The highest BCUT2D eigenvalue weighted by molar-refractivity contribution is 6.24. The van der Waals surface area contributed by atoms with Crippen LogP contribution in [0.4, 0.5) is 4.79 Å². The molecule has 27 heavy (non-hydrogen) atoms. The number of piperidine rings is 2. The SMILES string of the molecule is COc1cccc(C2(Cl)CC3CCC2N(C(=O)OCc2ccccc2)C3)n1. The predicted molar refractivity (Wildman–Crippen MR) is 103 cm³/mol. The number of fused-ring (bicyclic) bond motifs is 3. The second kappa shape index (κ2) is 7.39. The molecule has 1 aromatic heterocycles. The Morgan fingerprint density at radius 2 is 2.04 bits per heavy atom. The molecule has 3 unspecified atom stereocenters. The van der Waals surface area contributed by atoms with Crippen LogP contribution in [0.2, 0.25) is 0 Å². The molecule has 0 spiro atoms. The molecule has 1 saturated carbocycles. The molecule has 3 fully saturated rings. The van der Waals surface area contributed by atoms with Crippen LogP contribution < -0.4 is 4.74 Å². The average Bonchev–Trinajstić information content (AvgIpc) is 2.73. The monoisotopic (exact) mass is 386 g/mol. The first kappa shape index (κ1) is 18.1. The first-order valence-electron chi connectivity index (χ1n) is 9.28. The van der Waals surface area contributed by atoms with Gasteiger partial charge >= 0.3 is 6.09 Å². The fraction of sp³-hybridized carbons (Fsp3) is 0.429. The van der Waals surface area contributed by atoms with Crippen LogP contribution in [-0.4, -0.2) is 35.7 Å². The van der Waals surface area contributed by atoms with Gasteiger partial charge in [-0.3, -0.25) is 0 Å². The second-order valence-electron chi connectivity index (χ2n) is 7.28. The summed E-state index contributed by atoms with van der Waals surface area (Å²) in [4.78, 5) is 18.5. The Bertz CT molecular complexity index is 816. The number of carbonyl (C=O) groups excluding carboxylic acids is 1. The van der Waals surface area contributed by atoms with E-state index in [1.54, 1.807) is 18.1 Å². The van der Waals surface area contributed by atoms with E-state index in [0.29, 0.717) is 18.3 Å². The number of halogens is 1. The molecule has 5 rings (SSSR count). The third-order valence-electron chi connectivity index (χ3n) is 5.59. The average molecular weight is 387 g/mol. The largest absolute Gasteiger partial charge is 0.481 e. The molecule has 2 bridgehead atoms. The van der Waals surface area contributed by atoms with E-state index in [9.17, 15) is 4.79 Å². The van der Waals surface area contributed by atoms with Crippen molar-refractivity contribution in [1.29, 1.82) is 0 Å². The van der Waals surface area contributed by atoms with E-state index in [1.165, 1.54) is 0 Å². The molecule has 142 valence electrons. The van der Waals surface area contributed by atoms with Crippen LogP contribution in [0.15, 0.2) is 48.5 Å². The first-order chi connectivity index (χ1) is 13.1. The van der Waals surface area contributed by atoms with Crippen molar-refractivity contribution in [2.45, 2.75) is 36.8 Å². The Kier molecular flexibility index (Phi) is 4.96. The number of amides is 1. The highest BCUT2D eigenvalue weighted by Crippen LogP contribution is 2.51. The van der Waals surface area contributed by atoms with Crippen LogP contribution in [0.3, 0.4) is 0 Å². The van der Waals surface area contributed by atoms with Gasteiger partial charge in [0.1, 0.15) is 11.5 Å². The van der Waals surface area contributed by atoms with Crippen LogP contribution in [0.1, 0.15) is 30.5 Å². The van der Waals surface area contributed by atoms with E-state index in [1.807, 2.05) is 42.5 Å². The summed E-state index contributed by atoms with van der Waals surface area (Å²) in [6, 6.07) is 15.2. The van der Waals surface area contributed by atoms with E-state index in [0.717, 1.165) is 30.5 Å². The number of hydrogen-bond donors (Lipinski definition) is 0. The second-order valence-corrected chi connectivity index (χ2v) is 7.96. The molecule has 3 aliphatic rings. The Hall–Kier alpha value is -2.27. The van der Waals surface area contributed by atoms with Crippen molar-refractivity contribution < 1.29 is 14.3 Å². The highest BCUT2D eigenvalue weighted by atomic mass is 35.5. The minimum atomic E-state index is -0.707. The number of ether oxygens (including phenoxy) is 2. The zero-order chi connectivity index (χ0) is 18.9. The van der Waals surface area contributed by atoms with Crippen molar-refractivity contribution in [2.24, 2.45) is 5.92 Å². The molecule has 2 aliphatic heterocycles. The predicted octanol–water partition coefficient (Wildman–Crippen LogP) is 4.35. The van der Waals surface area contributed by atoms with Gasteiger partial charge in [0.05, 0.1) is 18.8 Å². The van der Waals surface area contributed by atoms with E-state index in [2.05, 4.69) is 4.98 Å². The number of methoxy groups -OCH3 is 1. The summed E-state index contributed by atoms with van der Waals surface area (Å²) >= 11 is 7.11. The molecule has 3 heterocycles. The van der Waals surface area contributed by atoms with Gasteiger partial charge in [-0.15, -0.1) is 11.6 Å². The fourth-order valence-corrected chi connectivity index (χ4v) is 4.83. The number of alkyl halides is 1. The Morgan fingerprint density at radius 3 is 2.78 bits per heavy atom. The Labute approximate surface area is 164 Å². The molecule has 0 radical (unpaired) electrons. The maximum absolute atomic E-state index is 12.8. The summed E-state index contributed by atoms with van der Waals surface area (Å²) in [7, 11) is 1.59. The van der Waals surface area contributed by atoms with Gasteiger partial charge in [-0.25, -0.2) is 9.78 Å². The number of rotatable bonds is 4. The molecule has 3 atom stereocenters. The summed E-state index contributed by atoms with van der Waals surface area (Å²) in [6.45, 7) is 0.955. The van der Waals surface area contributed by atoms with Crippen molar-refractivity contribution in [2.75, 3.05) is 13.7 Å². The van der Waals surface area contributed by atoms with Crippen LogP contribution in [0, 0.1) is 5.92 Å². The third-order valence-corrected chi connectivity index (χ3v) is 6.19. The number of pyridine rings is 1. The van der Waals surface area contributed by atoms with Crippen molar-refractivity contribution in [3.63, 3.8) is 0 Å². The van der Waals surface area contributed by atoms with Gasteiger partial charge in [-0.1, -0.05) is 36.4 Å². The lowest BCUT2D eigenvalue weighted by atomic mass is 9.71. The van der Waals surface area contributed by atoms with E-state index < -0.39 is 4.87 Å². The quantitative estimate of drug-likeness (QED) is 0.733. The van der Waals surface area contributed by atoms with E-state index in [-0.39, 0.29) is 18.7 Å². The van der Waals surface area contributed by atoms with Gasteiger partial charge in [-0.2, -0.15) is 0 Å². The molecule has 1 aliphatic carbocycles. The zero-order valence-electron chi connectivity index (χ0n) is 15.3. The zero-order valence-corrected chi connectivity index (χ0v) is 16.1. The molecule has 2 aromatic rings. The van der Waals surface area contributed by atoms with Crippen molar-refractivity contribution in [3.05, 3.63) is 59.8 Å². The summed E-state index contributed by atoms with van der Waals surface area (Å²) in [6.07, 6.45) is 2.43. The summed E-state index contributed by atoms with van der Waals surface area (Å²) < 4.78 is 10.8. The van der Waals surface area contributed by atoms with Gasteiger partial charge in [0.25, 0.3) is 0 Å². The van der Waals surface area contributed by atoms with E-state index >= 15 is 0 Å². The number of carbonyl (C=O) groups is 1. The number of aromatic nitrogens is 1. The van der Waals surface area contributed by atoms with Gasteiger partial charge in [0.2, 0.25) is 5.88 Å². The van der Waals surface area contributed by atoms with Crippen molar-refractivity contribution >= 4 is 17.7 Å². The maximum Gasteiger partial charge on any atom is 0.410 e. The van der Waals surface area contributed by atoms with Gasteiger partial charge in [-0.05, 0) is 36.8 Å². The molecular weight excluding hydrogens is 364 g/mol. The molecule has 5 nitrogen and oxygen atoms in total. The lowest BCUT2D eigenvalue weighted by Crippen LogP contribution is -2.60. The van der Waals surface area contributed by atoms with Crippen LogP contribution in [-0.2, 0) is 16.2 Å². The molecule has 1 amide bonds. The number of nitrogens with zero attached hydrogens (tertiary/aromatic N) is 2. The van der Waals surface area contributed by atoms with Crippen LogP contribution in [0.5, 0.6) is 5.88 Å². The fourth-order valence-electron chi connectivity index (χ4n) is 4.28. The van der Waals surface area contributed by atoms with Gasteiger partial charge in [0.15, 0.2) is 0 Å². The summed E-state index contributed by atoms with van der Waals surface area (Å²) in [5.41, 5.74) is 1.73. The Morgan fingerprint density at radius 1 is 1.22 bits per heavy atom. The van der Waals surface area contributed by atoms with Crippen molar-refractivity contribution in [3.8, 4) is 5.88 Å². The number of benzene rings is 1. The minimum absolute atomic E-state index is 0.132. The smallest absolute Gasteiger partial charge is 0.410 e. The highest BCUT2D eigenvalue weighted by Gasteiger charge is 2.54. The molecule has 6 heteroatoms. The summed E-state index contributed by atoms with van der Waals surface area (Å²) in [5, 5.41) is 0. The van der Waals surface area contributed by atoms with Crippen LogP contribution in [0.25, 0.3) is 0 Å². The molecule has 0 N–H and O–H groups in total. The van der Waals surface area contributed by atoms with E-state index in [4.69, 9.17) is 21.1 Å².